The molecular formula is C13H10N2O4. The SMILES string of the molecule is O=C(O)C=C(C(=O)O)C1C=Nc2ccccc2C=N1. The van der Waals surface area contributed by atoms with Crippen LogP contribution in [0.3, 0.4) is 0 Å². The van der Waals surface area contributed by atoms with E-state index in [0.717, 1.165) is 5.56 Å². The molecule has 2 N–H and O–H groups in total. The first-order chi connectivity index (χ1) is 9.08. The molecule has 0 fully saturated rings. The van der Waals surface area contributed by atoms with Crippen molar-refractivity contribution in [3.05, 3.63) is 41.5 Å². The van der Waals surface area contributed by atoms with Gasteiger partial charge in [-0.05, 0) is 6.07 Å². The normalized spacial score (nSPS) is 17.7. The van der Waals surface area contributed by atoms with Gasteiger partial charge in [0.15, 0.2) is 0 Å². The maximum atomic E-state index is 11.1. The molecule has 1 aliphatic rings. The Balaban J connectivity index is 2.39. The van der Waals surface area contributed by atoms with Gasteiger partial charge in [-0.3, -0.25) is 9.98 Å². The molecule has 0 radical (unpaired) electrons. The van der Waals surface area contributed by atoms with E-state index >= 15 is 0 Å². The van der Waals surface area contributed by atoms with Gasteiger partial charge >= 0.3 is 11.9 Å². The summed E-state index contributed by atoms with van der Waals surface area (Å²) in [7, 11) is 0. The topological polar surface area (TPSA) is 99.3 Å². The van der Waals surface area contributed by atoms with Gasteiger partial charge in [0.1, 0.15) is 6.04 Å². The van der Waals surface area contributed by atoms with Gasteiger partial charge in [0, 0.05) is 24.1 Å². The van der Waals surface area contributed by atoms with Gasteiger partial charge < -0.3 is 10.2 Å². The van der Waals surface area contributed by atoms with E-state index in [-0.39, 0.29) is 5.57 Å². The minimum absolute atomic E-state index is 0.333. The molecule has 0 spiro atoms. The summed E-state index contributed by atoms with van der Waals surface area (Å²) < 4.78 is 0. The third kappa shape index (κ3) is 2.92. The first-order valence-electron chi connectivity index (χ1n) is 5.42. The monoisotopic (exact) mass is 258 g/mol. The Hall–Kier alpha value is -2.76. The molecule has 6 heteroatoms. The summed E-state index contributed by atoms with van der Waals surface area (Å²) in [6.07, 6.45) is 3.45. The van der Waals surface area contributed by atoms with Crippen molar-refractivity contribution in [2.75, 3.05) is 0 Å². The van der Waals surface area contributed by atoms with E-state index in [1.54, 1.807) is 18.2 Å². The van der Waals surface area contributed by atoms with Crippen molar-refractivity contribution in [3.63, 3.8) is 0 Å². The van der Waals surface area contributed by atoms with E-state index in [2.05, 4.69) is 9.98 Å². The molecule has 1 aromatic carbocycles. The maximum absolute atomic E-state index is 11.1. The Kier molecular flexibility index (Phi) is 3.51. The van der Waals surface area contributed by atoms with E-state index in [1.807, 2.05) is 6.07 Å². The average molecular weight is 258 g/mol. The molecule has 0 aliphatic carbocycles. The number of rotatable bonds is 3. The molecule has 1 unspecified atom stereocenters. The summed E-state index contributed by atoms with van der Waals surface area (Å²) in [5.41, 5.74) is 1.08. The fourth-order valence-electron chi connectivity index (χ4n) is 1.63. The quantitative estimate of drug-likeness (QED) is 0.798. The molecule has 1 aromatic rings. The van der Waals surface area contributed by atoms with Crippen LogP contribution in [-0.2, 0) is 9.59 Å². The molecule has 1 heterocycles. The zero-order chi connectivity index (χ0) is 13.8. The second-order valence-electron chi connectivity index (χ2n) is 3.80. The summed E-state index contributed by atoms with van der Waals surface area (Å²) in [4.78, 5) is 29.9. The van der Waals surface area contributed by atoms with Crippen LogP contribution in [0.4, 0.5) is 5.69 Å². The number of carboxylic acids is 2. The largest absolute Gasteiger partial charge is 0.478 e. The Morgan fingerprint density at radius 3 is 2.63 bits per heavy atom. The summed E-state index contributed by atoms with van der Waals surface area (Å²) in [6, 6.07) is 6.25. The smallest absolute Gasteiger partial charge is 0.334 e. The molecular weight excluding hydrogens is 248 g/mol. The number of para-hydroxylation sites is 1. The van der Waals surface area contributed by atoms with Crippen LogP contribution >= 0.6 is 0 Å². The van der Waals surface area contributed by atoms with Crippen molar-refractivity contribution in [2.24, 2.45) is 9.98 Å². The third-order valence-electron chi connectivity index (χ3n) is 2.51. The molecule has 96 valence electrons. The highest BCUT2D eigenvalue weighted by atomic mass is 16.4. The van der Waals surface area contributed by atoms with E-state index in [4.69, 9.17) is 10.2 Å². The number of nitrogens with zero attached hydrogens (tertiary/aromatic N) is 2. The van der Waals surface area contributed by atoms with Crippen molar-refractivity contribution < 1.29 is 19.8 Å². The predicted octanol–water partition coefficient (Wildman–Crippen LogP) is 1.29. The number of aliphatic imine (C=N–C) groups is 2. The van der Waals surface area contributed by atoms with E-state index in [9.17, 15) is 9.59 Å². The molecule has 2 rings (SSSR count). The number of hydrogen-bond acceptors (Lipinski definition) is 4. The Labute approximate surface area is 108 Å². The minimum atomic E-state index is -1.33. The lowest BCUT2D eigenvalue weighted by Gasteiger charge is -2.05. The van der Waals surface area contributed by atoms with Crippen LogP contribution < -0.4 is 0 Å². The predicted molar refractivity (Wildman–Crippen MR) is 69.3 cm³/mol. The lowest BCUT2D eigenvalue weighted by atomic mass is 10.1. The third-order valence-corrected chi connectivity index (χ3v) is 2.51. The van der Waals surface area contributed by atoms with Crippen LogP contribution in [0.1, 0.15) is 5.56 Å². The fourth-order valence-corrected chi connectivity index (χ4v) is 1.63. The molecule has 6 nitrogen and oxygen atoms in total. The lowest BCUT2D eigenvalue weighted by molar-refractivity contribution is -0.135. The van der Waals surface area contributed by atoms with Gasteiger partial charge in [-0.1, -0.05) is 18.2 Å². The number of carbonyl (C=O) groups is 2. The van der Waals surface area contributed by atoms with Gasteiger partial charge in [0.2, 0.25) is 0 Å². The first kappa shape index (κ1) is 12.7. The zero-order valence-electron chi connectivity index (χ0n) is 9.72. The fraction of sp³-hybridized carbons (Fsp3) is 0.0769. The van der Waals surface area contributed by atoms with E-state index < -0.39 is 18.0 Å². The molecule has 0 amide bonds. The molecule has 0 saturated carbocycles. The Bertz CT molecular complexity index is 584. The molecule has 1 aliphatic heterocycles. The van der Waals surface area contributed by atoms with Crippen LogP contribution in [0.2, 0.25) is 0 Å². The summed E-state index contributed by atoms with van der Waals surface area (Å²) in [6.45, 7) is 0. The number of carboxylic acid groups (broad SMARTS) is 2. The van der Waals surface area contributed by atoms with Gasteiger partial charge in [0.05, 0.1) is 11.3 Å². The minimum Gasteiger partial charge on any atom is -0.478 e. The maximum Gasteiger partial charge on any atom is 0.334 e. The van der Waals surface area contributed by atoms with Crippen molar-refractivity contribution in [1.29, 1.82) is 0 Å². The number of fused-ring (bicyclic) bond motifs is 1. The van der Waals surface area contributed by atoms with Crippen LogP contribution in [0, 0.1) is 0 Å². The summed E-state index contributed by atoms with van der Waals surface area (Å²) in [5, 5.41) is 17.7. The number of hydrogen-bond donors (Lipinski definition) is 2. The molecule has 0 saturated heterocycles. The average Bonchev–Trinajstić information content (AvgIpc) is 2.58. The zero-order valence-corrected chi connectivity index (χ0v) is 9.72. The summed E-state index contributed by atoms with van der Waals surface area (Å²) >= 11 is 0. The molecule has 19 heavy (non-hydrogen) atoms. The molecule has 1 atom stereocenters. The highest BCUT2D eigenvalue weighted by Crippen LogP contribution is 2.20. The van der Waals surface area contributed by atoms with E-state index in [0.29, 0.717) is 11.8 Å². The first-order valence-corrected chi connectivity index (χ1v) is 5.42. The van der Waals surface area contributed by atoms with E-state index in [1.165, 1.54) is 12.4 Å². The highest BCUT2D eigenvalue weighted by Gasteiger charge is 2.20. The number of aliphatic carboxylic acids is 2. The van der Waals surface area contributed by atoms with Crippen molar-refractivity contribution >= 4 is 30.1 Å². The van der Waals surface area contributed by atoms with Crippen molar-refractivity contribution in [3.8, 4) is 0 Å². The lowest BCUT2D eigenvalue weighted by Crippen LogP contribution is -2.19. The Morgan fingerprint density at radius 1 is 1.21 bits per heavy atom. The summed E-state index contributed by atoms with van der Waals surface area (Å²) in [5.74, 6) is -2.66. The molecule has 0 bridgehead atoms. The standard InChI is InChI=1S/C13H10N2O4/c16-12(17)5-9(13(18)19)11-7-15-10-4-2-1-3-8(10)6-14-11/h1-7,11H,(H,16,17)(H,18,19). The van der Waals surface area contributed by atoms with Crippen molar-refractivity contribution in [1.82, 2.24) is 0 Å². The number of benzene rings is 1. The van der Waals surface area contributed by atoms with Gasteiger partial charge in [-0.25, -0.2) is 9.59 Å². The van der Waals surface area contributed by atoms with Crippen LogP contribution in [0.15, 0.2) is 45.9 Å². The van der Waals surface area contributed by atoms with Gasteiger partial charge in [-0.2, -0.15) is 0 Å². The highest BCUT2D eigenvalue weighted by molar-refractivity contribution is 6.02. The van der Waals surface area contributed by atoms with Gasteiger partial charge in [-0.15, -0.1) is 0 Å². The van der Waals surface area contributed by atoms with Crippen molar-refractivity contribution in [2.45, 2.75) is 6.04 Å². The molecule has 0 aromatic heterocycles. The Morgan fingerprint density at radius 2 is 1.95 bits per heavy atom. The van der Waals surface area contributed by atoms with Crippen LogP contribution in [-0.4, -0.2) is 40.6 Å². The second kappa shape index (κ2) is 5.26. The van der Waals surface area contributed by atoms with Crippen LogP contribution in [0.5, 0.6) is 0 Å². The second-order valence-corrected chi connectivity index (χ2v) is 3.80. The van der Waals surface area contributed by atoms with Crippen LogP contribution in [0.25, 0.3) is 0 Å². The van der Waals surface area contributed by atoms with Gasteiger partial charge in [0.25, 0.3) is 0 Å².